The lowest BCUT2D eigenvalue weighted by molar-refractivity contribution is -0.138. The second kappa shape index (κ2) is 8.28. The fraction of sp³-hybridized carbons (Fsp3) is 0.550. The Hall–Kier alpha value is -2.17. The van der Waals surface area contributed by atoms with Crippen molar-refractivity contribution in [2.24, 2.45) is 11.8 Å². The zero-order chi connectivity index (χ0) is 18.6. The van der Waals surface area contributed by atoms with Crippen molar-refractivity contribution in [1.82, 2.24) is 10.2 Å². The number of hydrogen-bond donors (Lipinski definition) is 1. The molecule has 0 aliphatic carbocycles. The minimum absolute atomic E-state index is 0.0880. The van der Waals surface area contributed by atoms with Gasteiger partial charge < -0.3 is 10.2 Å². The summed E-state index contributed by atoms with van der Waals surface area (Å²) in [5.41, 5.74) is 1.47. The summed E-state index contributed by atoms with van der Waals surface area (Å²) >= 11 is 0. The van der Waals surface area contributed by atoms with Crippen molar-refractivity contribution >= 4 is 17.6 Å². The smallest absolute Gasteiger partial charge is 0.252 e. The number of benzene rings is 1. The molecule has 5 heteroatoms. The van der Waals surface area contributed by atoms with Crippen LogP contribution in [0.1, 0.15) is 49.5 Å². The third-order valence-corrected chi connectivity index (χ3v) is 4.68. The molecule has 0 bridgehead atoms. The van der Waals surface area contributed by atoms with E-state index in [-0.39, 0.29) is 29.4 Å². The topological polar surface area (TPSA) is 66.5 Å². The minimum Gasteiger partial charge on any atom is -0.340 e. The van der Waals surface area contributed by atoms with Gasteiger partial charge in [0.2, 0.25) is 5.91 Å². The number of aryl methyl sites for hydroxylation is 1. The van der Waals surface area contributed by atoms with E-state index in [2.05, 4.69) is 5.32 Å². The highest BCUT2D eigenvalue weighted by molar-refractivity contribution is 5.98. The van der Waals surface area contributed by atoms with E-state index < -0.39 is 6.04 Å². The molecule has 1 heterocycles. The summed E-state index contributed by atoms with van der Waals surface area (Å²) in [6, 6.07) is 6.79. The molecule has 5 nitrogen and oxygen atoms in total. The highest BCUT2D eigenvalue weighted by Gasteiger charge is 2.32. The highest BCUT2D eigenvalue weighted by Crippen LogP contribution is 2.17. The molecule has 2 rings (SSSR count). The molecule has 25 heavy (non-hydrogen) atoms. The van der Waals surface area contributed by atoms with Crippen molar-refractivity contribution in [3.8, 4) is 0 Å². The maximum absolute atomic E-state index is 12.9. The number of nitrogens with one attached hydrogen (secondary N) is 1. The Morgan fingerprint density at radius 2 is 1.96 bits per heavy atom. The van der Waals surface area contributed by atoms with Gasteiger partial charge in [-0.15, -0.1) is 0 Å². The van der Waals surface area contributed by atoms with E-state index in [1.807, 2.05) is 45.9 Å². The minimum atomic E-state index is -0.562. The average Bonchev–Trinajstić information content (AvgIpc) is 2.56. The summed E-state index contributed by atoms with van der Waals surface area (Å²) in [6.45, 7) is 8.67. The first-order valence-electron chi connectivity index (χ1n) is 8.97. The first kappa shape index (κ1) is 19.2. The molecule has 0 radical (unpaired) electrons. The van der Waals surface area contributed by atoms with Crippen LogP contribution in [0.5, 0.6) is 0 Å². The molecular formula is C20H28N2O3. The summed E-state index contributed by atoms with van der Waals surface area (Å²) in [5.74, 6) is 0.0288. The SMILES string of the molecule is Cc1ccccc1C(=O)N[C@H](CC(C)C)C(=O)N1CCC(=O)[C@H](C)C1. The zero-order valence-corrected chi connectivity index (χ0v) is 15.5. The zero-order valence-electron chi connectivity index (χ0n) is 15.5. The van der Waals surface area contributed by atoms with Crippen LogP contribution in [-0.2, 0) is 9.59 Å². The Kier molecular flexibility index (Phi) is 6.34. The summed E-state index contributed by atoms with van der Waals surface area (Å²) in [7, 11) is 0. The van der Waals surface area contributed by atoms with Crippen molar-refractivity contribution in [2.75, 3.05) is 13.1 Å². The average molecular weight is 344 g/mol. The third kappa shape index (κ3) is 4.91. The van der Waals surface area contributed by atoms with Crippen molar-refractivity contribution < 1.29 is 14.4 Å². The molecule has 0 saturated carbocycles. The number of hydrogen-bond acceptors (Lipinski definition) is 3. The lowest BCUT2D eigenvalue weighted by Crippen LogP contribution is -2.53. The van der Waals surface area contributed by atoms with Gasteiger partial charge in [-0.05, 0) is 30.9 Å². The van der Waals surface area contributed by atoms with Gasteiger partial charge in [0.1, 0.15) is 11.8 Å². The quantitative estimate of drug-likeness (QED) is 0.893. The van der Waals surface area contributed by atoms with Gasteiger partial charge in [-0.3, -0.25) is 14.4 Å². The number of amides is 2. The van der Waals surface area contributed by atoms with Gasteiger partial charge >= 0.3 is 0 Å². The van der Waals surface area contributed by atoms with Crippen LogP contribution in [0.4, 0.5) is 0 Å². The number of rotatable bonds is 5. The number of likely N-dealkylation sites (tertiary alicyclic amines) is 1. The number of carbonyl (C=O) groups is 3. The normalized spacial score (nSPS) is 19.0. The van der Waals surface area contributed by atoms with Crippen LogP contribution < -0.4 is 5.32 Å². The number of piperidine rings is 1. The van der Waals surface area contributed by atoms with Gasteiger partial charge in [-0.25, -0.2) is 0 Å². The third-order valence-electron chi connectivity index (χ3n) is 4.68. The van der Waals surface area contributed by atoms with Crippen LogP contribution in [0.3, 0.4) is 0 Å². The molecule has 1 aliphatic rings. The molecule has 1 aromatic rings. The lowest BCUT2D eigenvalue weighted by atomic mass is 9.96. The van der Waals surface area contributed by atoms with Crippen LogP contribution in [0.15, 0.2) is 24.3 Å². The Bertz CT molecular complexity index is 654. The van der Waals surface area contributed by atoms with Gasteiger partial charge in [0.25, 0.3) is 5.91 Å². The van der Waals surface area contributed by atoms with E-state index in [4.69, 9.17) is 0 Å². The van der Waals surface area contributed by atoms with Crippen LogP contribution in [0, 0.1) is 18.8 Å². The molecule has 1 aromatic carbocycles. The van der Waals surface area contributed by atoms with Gasteiger partial charge in [0, 0.05) is 31.0 Å². The maximum Gasteiger partial charge on any atom is 0.252 e. The largest absolute Gasteiger partial charge is 0.340 e. The van der Waals surface area contributed by atoms with Gasteiger partial charge in [0.15, 0.2) is 0 Å². The number of ketones is 1. The predicted molar refractivity (Wildman–Crippen MR) is 97.3 cm³/mol. The fourth-order valence-electron chi connectivity index (χ4n) is 3.19. The van der Waals surface area contributed by atoms with E-state index in [1.54, 1.807) is 11.0 Å². The fourth-order valence-corrected chi connectivity index (χ4v) is 3.19. The molecule has 0 spiro atoms. The molecular weight excluding hydrogens is 316 g/mol. The molecule has 1 saturated heterocycles. The first-order valence-corrected chi connectivity index (χ1v) is 8.97. The summed E-state index contributed by atoms with van der Waals surface area (Å²) in [4.78, 5) is 39.0. The van der Waals surface area contributed by atoms with Crippen molar-refractivity contribution in [1.29, 1.82) is 0 Å². The second-order valence-electron chi connectivity index (χ2n) is 7.37. The summed E-state index contributed by atoms with van der Waals surface area (Å²) < 4.78 is 0. The molecule has 0 aromatic heterocycles. The monoisotopic (exact) mass is 344 g/mol. The molecule has 1 aliphatic heterocycles. The Labute approximate surface area is 149 Å². The van der Waals surface area contributed by atoms with E-state index in [0.29, 0.717) is 31.5 Å². The van der Waals surface area contributed by atoms with E-state index in [1.165, 1.54) is 0 Å². The summed E-state index contributed by atoms with van der Waals surface area (Å²) in [6.07, 6.45) is 0.975. The van der Waals surface area contributed by atoms with Crippen LogP contribution >= 0.6 is 0 Å². The molecule has 2 atom stereocenters. The highest BCUT2D eigenvalue weighted by atomic mass is 16.2. The standard InChI is InChI=1S/C20H28N2O3/c1-13(2)11-17(20(25)22-10-9-18(23)15(4)12-22)21-19(24)16-8-6-5-7-14(16)3/h5-8,13,15,17H,9-12H2,1-4H3,(H,21,24)/t15-,17-/m1/s1. The van der Waals surface area contributed by atoms with Crippen LogP contribution in [0.2, 0.25) is 0 Å². The van der Waals surface area contributed by atoms with Crippen LogP contribution in [0.25, 0.3) is 0 Å². The van der Waals surface area contributed by atoms with Crippen LogP contribution in [-0.4, -0.2) is 41.6 Å². The van der Waals surface area contributed by atoms with Crippen molar-refractivity contribution in [3.05, 3.63) is 35.4 Å². The number of Topliss-reactive ketones (excluding diaryl/α,β-unsaturated/α-hetero) is 1. The maximum atomic E-state index is 12.9. The van der Waals surface area contributed by atoms with E-state index >= 15 is 0 Å². The molecule has 1 fully saturated rings. The molecule has 1 N–H and O–H groups in total. The molecule has 2 amide bonds. The summed E-state index contributed by atoms with van der Waals surface area (Å²) in [5, 5.41) is 2.91. The predicted octanol–water partition coefficient (Wildman–Crippen LogP) is 2.58. The molecule has 0 unspecified atom stereocenters. The molecule has 136 valence electrons. The van der Waals surface area contributed by atoms with Gasteiger partial charge in [-0.2, -0.15) is 0 Å². The Balaban J connectivity index is 2.13. The van der Waals surface area contributed by atoms with E-state index in [9.17, 15) is 14.4 Å². The number of nitrogens with zero attached hydrogens (tertiary/aromatic N) is 1. The Morgan fingerprint density at radius 3 is 2.56 bits per heavy atom. The number of carbonyl (C=O) groups excluding carboxylic acids is 3. The van der Waals surface area contributed by atoms with Gasteiger partial charge in [0.05, 0.1) is 0 Å². The first-order chi connectivity index (χ1) is 11.8. The van der Waals surface area contributed by atoms with Crippen molar-refractivity contribution in [3.63, 3.8) is 0 Å². The van der Waals surface area contributed by atoms with E-state index in [0.717, 1.165) is 5.56 Å². The van der Waals surface area contributed by atoms with Gasteiger partial charge in [-0.1, -0.05) is 39.0 Å². The Morgan fingerprint density at radius 1 is 1.28 bits per heavy atom. The lowest BCUT2D eigenvalue weighted by Gasteiger charge is -2.33. The second-order valence-corrected chi connectivity index (χ2v) is 7.37. The van der Waals surface area contributed by atoms with Crippen molar-refractivity contribution in [2.45, 2.75) is 46.6 Å².